The van der Waals surface area contributed by atoms with E-state index in [0.29, 0.717) is 17.6 Å². The summed E-state index contributed by atoms with van der Waals surface area (Å²) in [6.45, 7) is 7.79. The molecule has 0 saturated heterocycles. The molecule has 118 valence electrons. The Morgan fingerprint density at radius 1 is 1.41 bits per heavy atom. The normalized spacial score (nSPS) is 20.8. The molecule has 4 heteroatoms. The largest absolute Gasteiger partial charge is 0.496 e. The zero-order valence-electron chi connectivity index (χ0n) is 13.2. The van der Waals surface area contributed by atoms with Gasteiger partial charge in [-0.25, -0.2) is 0 Å². The van der Waals surface area contributed by atoms with Gasteiger partial charge in [0.05, 0.1) is 11.6 Å². The van der Waals surface area contributed by atoms with Crippen molar-refractivity contribution in [3.05, 3.63) is 46.5 Å². The highest BCUT2D eigenvalue weighted by Crippen LogP contribution is 2.38. The number of hydrogen-bond donors (Lipinski definition) is 0. The van der Waals surface area contributed by atoms with Gasteiger partial charge in [0.2, 0.25) is 0 Å². The second-order valence-electron chi connectivity index (χ2n) is 5.69. The Morgan fingerprint density at radius 3 is 2.73 bits per heavy atom. The highest BCUT2D eigenvalue weighted by atomic mass is 79.9. The Labute approximate surface area is 140 Å². The summed E-state index contributed by atoms with van der Waals surface area (Å²) in [5.74, 6) is 1.83. The third-order valence-corrected chi connectivity index (χ3v) is 4.65. The Balaban J connectivity index is 2.37. The second kappa shape index (κ2) is 7.14. The van der Waals surface area contributed by atoms with Crippen LogP contribution in [-0.4, -0.2) is 13.1 Å². The van der Waals surface area contributed by atoms with Crippen molar-refractivity contribution in [3.8, 4) is 11.5 Å². The summed E-state index contributed by atoms with van der Waals surface area (Å²) >= 11 is 3.44. The van der Waals surface area contributed by atoms with Crippen molar-refractivity contribution >= 4 is 21.9 Å². The van der Waals surface area contributed by atoms with E-state index in [1.807, 2.05) is 6.07 Å². The first-order valence-corrected chi connectivity index (χ1v) is 8.11. The van der Waals surface area contributed by atoms with Gasteiger partial charge in [0.1, 0.15) is 11.5 Å². The van der Waals surface area contributed by atoms with Crippen molar-refractivity contribution in [2.75, 3.05) is 7.11 Å². The molecule has 0 fully saturated rings. The van der Waals surface area contributed by atoms with Crippen molar-refractivity contribution in [1.29, 1.82) is 0 Å². The number of allylic oxidation sites excluding steroid dienone is 3. The molecule has 1 aromatic carbocycles. The van der Waals surface area contributed by atoms with Crippen LogP contribution in [0.4, 0.5) is 0 Å². The van der Waals surface area contributed by atoms with Gasteiger partial charge in [0.15, 0.2) is 0 Å². The van der Waals surface area contributed by atoms with Crippen LogP contribution in [-0.2, 0) is 11.2 Å². The number of carbonyl (C=O) groups is 1. The molecule has 0 aromatic heterocycles. The average Bonchev–Trinajstić information content (AvgIpc) is 2.44. The number of ether oxygens (including phenoxy) is 2. The Hall–Kier alpha value is -1.55. The van der Waals surface area contributed by atoms with Crippen LogP contribution in [0.1, 0.15) is 25.8 Å². The number of rotatable bonds is 4. The van der Waals surface area contributed by atoms with Crippen LogP contribution in [0.2, 0.25) is 0 Å². The van der Waals surface area contributed by atoms with Crippen LogP contribution in [0.25, 0.3) is 0 Å². The van der Waals surface area contributed by atoms with E-state index in [9.17, 15) is 4.79 Å². The molecule has 0 spiro atoms. The zero-order valence-corrected chi connectivity index (χ0v) is 14.8. The van der Waals surface area contributed by atoms with Crippen molar-refractivity contribution < 1.29 is 14.3 Å². The first kappa shape index (κ1) is 16.8. The summed E-state index contributed by atoms with van der Waals surface area (Å²) in [5.41, 5.74) is 2.08. The van der Waals surface area contributed by atoms with E-state index in [4.69, 9.17) is 9.47 Å². The first-order chi connectivity index (χ1) is 10.4. The molecule has 0 saturated carbocycles. The predicted octanol–water partition coefficient (Wildman–Crippen LogP) is 4.69. The van der Waals surface area contributed by atoms with Crippen LogP contribution < -0.4 is 9.47 Å². The lowest BCUT2D eigenvalue weighted by atomic mass is 9.77. The summed E-state index contributed by atoms with van der Waals surface area (Å²) in [7, 11) is 1.63. The van der Waals surface area contributed by atoms with E-state index < -0.39 is 0 Å². The average molecular weight is 365 g/mol. The molecule has 0 N–H and O–H groups in total. The van der Waals surface area contributed by atoms with E-state index in [1.165, 1.54) is 6.92 Å². The van der Waals surface area contributed by atoms with Crippen LogP contribution in [0.5, 0.6) is 11.5 Å². The number of halogens is 1. The lowest BCUT2D eigenvalue weighted by molar-refractivity contribution is -0.131. The zero-order chi connectivity index (χ0) is 16.3. The lowest BCUT2D eigenvalue weighted by Crippen LogP contribution is -2.19. The van der Waals surface area contributed by atoms with Crippen LogP contribution >= 0.6 is 15.9 Å². The van der Waals surface area contributed by atoms with Crippen LogP contribution in [0, 0.1) is 11.8 Å². The Bertz CT molecular complexity index is 619. The maximum Gasteiger partial charge on any atom is 0.308 e. The molecule has 0 aliphatic heterocycles. The molecule has 1 aliphatic rings. The molecule has 1 aliphatic carbocycles. The molecule has 0 amide bonds. The molecule has 3 nitrogen and oxygen atoms in total. The van der Waals surface area contributed by atoms with Crippen LogP contribution in [0.3, 0.4) is 0 Å². The van der Waals surface area contributed by atoms with Gasteiger partial charge in [0, 0.05) is 6.92 Å². The quantitative estimate of drug-likeness (QED) is 0.573. The highest BCUT2D eigenvalue weighted by molar-refractivity contribution is 9.10. The maximum absolute atomic E-state index is 11.4. The molecular weight excluding hydrogens is 344 g/mol. The lowest BCUT2D eigenvalue weighted by Gasteiger charge is -2.28. The Morgan fingerprint density at radius 2 is 2.14 bits per heavy atom. The minimum Gasteiger partial charge on any atom is -0.496 e. The van der Waals surface area contributed by atoms with Gasteiger partial charge < -0.3 is 9.47 Å². The summed E-state index contributed by atoms with van der Waals surface area (Å²) in [6.07, 6.45) is 6.07. The minimum atomic E-state index is -0.325. The first-order valence-electron chi connectivity index (χ1n) is 7.32. The van der Waals surface area contributed by atoms with E-state index in [2.05, 4.69) is 41.6 Å². The molecule has 2 rings (SSSR count). The number of hydrogen-bond acceptors (Lipinski definition) is 3. The Kier molecular flexibility index (Phi) is 5.46. The fraction of sp³-hybridized carbons (Fsp3) is 0.389. The van der Waals surface area contributed by atoms with Gasteiger partial charge >= 0.3 is 5.97 Å². The highest BCUT2D eigenvalue weighted by Gasteiger charge is 2.24. The van der Waals surface area contributed by atoms with E-state index >= 15 is 0 Å². The van der Waals surface area contributed by atoms with Crippen molar-refractivity contribution in [2.45, 2.75) is 26.7 Å². The fourth-order valence-corrected chi connectivity index (χ4v) is 3.28. The van der Waals surface area contributed by atoms with E-state index in [-0.39, 0.29) is 5.97 Å². The number of methoxy groups -OCH3 is 1. The summed E-state index contributed by atoms with van der Waals surface area (Å²) in [6, 6.07) is 3.72. The molecule has 2 atom stereocenters. The predicted molar refractivity (Wildman–Crippen MR) is 91.3 cm³/mol. The maximum atomic E-state index is 11.4. The summed E-state index contributed by atoms with van der Waals surface area (Å²) < 4.78 is 11.5. The van der Waals surface area contributed by atoms with E-state index in [0.717, 1.165) is 34.2 Å². The van der Waals surface area contributed by atoms with Crippen LogP contribution in [0.15, 0.2) is 40.9 Å². The van der Waals surface area contributed by atoms with Gasteiger partial charge in [-0.3, -0.25) is 4.79 Å². The molecule has 22 heavy (non-hydrogen) atoms. The summed E-state index contributed by atoms with van der Waals surface area (Å²) in [4.78, 5) is 11.4. The van der Waals surface area contributed by atoms with Crippen molar-refractivity contribution in [2.24, 2.45) is 11.8 Å². The molecule has 0 heterocycles. The minimum absolute atomic E-state index is 0.325. The topological polar surface area (TPSA) is 35.5 Å². The third-order valence-electron chi connectivity index (χ3n) is 4.03. The number of carbonyl (C=O) groups excluding carboxylic acids is 1. The number of esters is 1. The SMILES string of the molecule is C=C1C=CC[C@@H](C)[C@@H]1Cc1cc(OC)c(Br)cc1OC(C)=O. The van der Waals surface area contributed by atoms with Gasteiger partial charge in [0.25, 0.3) is 0 Å². The molecule has 0 unspecified atom stereocenters. The standard InChI is InChI=1S/C18H21BrO3/c1-11-6-5-7-12(2)15(11)8-14-9-18(21-4)16(19)10-17(14)22-13(3)20/h5-6,9-10,12,15H,1,7-8H2,2-4H3/t12-,15-/m1/s1. The van der Waals surface area contributed by atoms with Gasteiger partial charge in [-0.2, -0.15) is 0 Å². The smallest absolute Gasteiger partial charge is 0.308 e. The third kappa shape index (κ3) is 3.80. The molecule has 0 radical (unpaired) electrons. The monoisotopic (exact) mass is 364 g/mol. The number of benzene rings is 1. The fourth-order valence-electron chi connectivity index (χ4n) is 2.80. The van der Waals surface area contributed by atoms with Crippen molar-refractivity contribution in [3.63, 3.8) is 0 Å². The van der Waals surface area contributed by atoms with Gasteiger partial charge in [-0.15, -0.1) is 0 Å². The summed E-state index contributed by atoms with van der Waals surface area (Å²) in [5, 5.41) is 0. The van der Waals surface area contributed by atoms with Gasteiger partial charge in [-0.05, 0) is 58.3 Å². The van der Waals surface area contributed by atoms with E-state index in [1.54, 1.807) is 13.2 Å². The molecule has 0 bridgehead atoms. The molecular formula is C18H21BrO3. The molecule has 1 aromatic rings. The second-order valence-corrected chi connectivity index (χ2v) is 6.54. The van der Waals surface area contributed by atoms with Gasteiger partial charge in [-0.1, -0.05) is 31.2 Å². The van der Waals surface area contributed by atoms with Crippen molar-refractivity contribution in [1.82, 2.24) is 0 Å².